The van der Waals surface area contributed by atoms with Gasteiger partial charge in [-0.2, -0.15) is 0 Å². The van der Waals surface area contributed by atoms with Gasteiger partial charge in [0.1, 0.15) is 11.7 Å². The third-order valence-corrected chi connectivity index (χ3v) is 2.27. The minimum absolute atomic E-state index is 0.00651. The molecule has 0 aliphatic heterocycles. The SMILES string of the molecule is Cc1c(F)cc(C(N)=O)cc1NC(=O)CCl. The van der Waals surface area contributed by atoms with E-state index in [0.29, 0.717) is 0 Å². The van der Waals surface area contributed by atoms with E-state index in [2.05, 4.69) is 5.32 Å². The second-order valence-corrected chi connectivity index (χ2v) is 3.44. The largest absolute Gasteiger partial charge is 0.366 e. The predicted molar refractivity (Wildman–Crippen MR) is 59.0 cm³/mol. The molecule has 86 valence electrons. The van der Waals surface area contributed by atoms with Crippen molar-refractivity contribution in [1.82, 2.24) is 0 Å². The Morgan fingerprint density at radius 2 is 2.12 bits per heavy atom. The topological polar surface area (TPSA) is 72.2 Å². The molecular formula is C10H10ClFN2O2. The summed E-state index contributed by atoms with van der Waals surface area (Å²) in [5.41, 5.74) is 5.43. The van der Waals surface area contributed by atoms with Crippen LogP contribution in [0, 0.1) is 12.7 Å². The number of alkyl halides is 1. The molecule has 0 bridgehead atoms. The number of benzene rings is 1. The maximum atomic E-state index is 13.4. The number of anilines is 1. The van der Waals surface area contributed by atoms with Crippen LogP contribution in [0.1, 0.15) is 15.9 Å². The van der Waals surface area contributed by atoms with Gasteiger partial charge in [0.25, 0.3) is 0 Å². The Hall–Kier alpha value is -1.62. The lowest BCUT2D eigenvalue weighted by atomic mass is 10.1. The molecule has 0 heterocycles. The average molecular weight is 245 g/mol. The van der Waals surface area contributed by atoms with Crippen LogP contribution in [0.5, 0.6) is 0 Å². The fourth-order valence-corrected chi connectivity index (χ4v) is 1.20. The van der Waals surface area contributed by atoms with Gasteiger partial charge in [0.15, 0.2) is 0 Å². The summed E-state index contributed by atoms with van der Waals surface area (Å²) >= 11 is 5.30. The number of rotatable bonds is 3. The molecule has 4 nitrogen and oxygen atoms in total. The predicted octanol–water partition coefficient (Wildman–Crippen LogP) is 1.41. The lowest BCUT2D eigenvalue weighted by Crippen LogP contribution is -2.16. The van der Waals surface area contributed by atoms with Gasteiger partial charge in [0.05, 0.1) is 0 Å². The van der Waals surface area contributed by atoms with Crippen molar-refractivity contribution in [3.8, 4) is 0 Å². The molecule has 1 rings (SSSR count). The molecule has 0 unspecified atom stereocenters. The number of hydrogen-bond donors (Lipinski definition) is 2. The lowest BCUT2D eigenvalue weighted by Gasteiger charge is -2.09. The molecule has 1 aromatic rings. The summed E-state index contributed by atoms with van der Waals surface area (Å²) in [6.07, 6.45) is 0. The van der Waals surface area contributed by atoms with Gasteiger partial charge in [-0.1, -0.05) is 0 Å². The Kier molecular flexibility index (Phi) is 3.84. The summed E-state index contributed by atoms with van der Waals surface area (Å²) < 4.78 is 13.4. The van der Waals surface area contributed by atoms with E-state index in [0.717, 1.165) is 6.07 Å². The number of carbonyl (C=O) groups excluding carboxylic acids is 2. The molecule has 0 radical (unpaired) electrons. The van der Waals surface area contributed by atoms with Gasteiger partial charge in [0.2, 0.25) is 11.8 Å². The second-order valence-electron chi connectivity index (χ2n) is 3.18. The van der Waals surface area contributed by atoms with Crippen molar-refractivity contribution in [3.63, 3.8) is 0 Å². The van der Waals surface area contributed by atoms with Gasteiger partial charge in [-0.15, -0.1) is 11.6 Å². The van der Waals surface area contributed by atoms with Crippen molar-refractivity contribution >= 4 is 29.1 Å². The van der Waals surface area contributed by atoms with Gasteiger partial charge in [-0.05, 0) is 19.1 Å². The maximum Gasteiger partial charge on any atom is 0.248 e. The van der Waals surface area contributed by atoms with E-state index in [1.165, 1.54) is 13.0 Å². The van der Waals surface area contributed by atoms with Gasteiger partial charge >= 0.3 is 0 Å². The maximum absolute atomic E-state index is 13.4. The van der Waals surface area contributed by atoms with Crippen LogP contribution < -0.4 is 11.1 Å². The Bertz CT molecular complexity index is 449. The fourth-order valence-electron chi connectivity index (χ4n) is 1.13. The molecule has 0 saturated carbocycles. The Labute approximate surface area is 96.6 Å². The molecule has 0 aliphatic rings. The molecule has 3 N–H and O–H groups in total. The van der Waals surface area contributed by atoms with Gasteiger partial charge in [0, 0.05) is 16.8 Å². The van der Waals surface area contributed by atoms with Crippen LogP contribution in [-0.4, -0.2) is 17.7 Å². The molecule has 1 aromatic carbocycles. The highest BCUT2D eigenvalue weighted by Gasteiger charge is 2.11. The van der Waals surface area contributed by atoms with Gasteiger partial charge in [-0.25, -0.2) is 4.39 Å². The number of primary amides is 1. The normalized spacial score (nSPS) is 9.94. The van der Waals surface area contributed by atoms with Crippen molar-refractivity contribution in [2.75, 3.05) is 11.2 Å². The van der Waals surface area contributed by atoms with Crippen LogP contribution in [0.3, 0.4) is 0 Å². The number of nitrogens with one attached hydrogen (secondary N) is 1. The monoisotopic (exact) mass is 244 g/mol. The highest BCUT2D eigenvalue weighted by atomic mass is 35.5. The fraction of sp³-hybridized carbons (Fsp3) is 0.200. The standard InChI is InChI=1S/C10H10ClFN2O2/c1-5-7(12)2-6(10(13)16)3-8(5)14-9(15)4-11/h2-3H,4H2,1H3,(H2,13,16)(H,14,15). The first-order valence-corrected chi connectivity index (χ1v) is 4.95. The van der Waals surface area contributed by atoms with Gasteiger partial charge < -0.3 is 11.1 Å². The van der Waals surface area contributed by atoms with Crippen molar-refractivity contribution in [2.45, 2.75) is 6.92 Å². The quantitative estimate of drug-likeness (QED) is 0.789. The number of hydrogen-bond acceptors (Lipinski definition) is 2. The van der Waals surface area contributed by atoms with Crippen LogP contribution in [0.4, 0.5) is 10.1 Å². The average Bonchev–Trinajstić information content (AvgIpc) is 2.23. The number of carbonyl (C=O) groups is 2. The van der Waals surface area contributed by atoms with E-state index in [-0.39, 0.29) is 22.7 Å². The van der Waals surface area contributed by atoms with Crippen molar-refractivity contribution in [3.05, 3.63) is 29.1 Å². The molecule has 0 fully saturated rings. The van der Waals surface area contributed by atoms with E-state index < -0.39 is 17.6 Å². The molecule has 6 heteroatoms. The molecule has 0 spiro atoms. The van der Waals surface area contributed by atoms with E-state index >= 15 is 0 Å². The van der Waals surface area contributed by atoms with Crippen LogP contribution in [0.25, 0.3) is 0 Å². The highest BCUT2D eigenvalue weighted by Crippen LogP contribution is 2.20. The summed E-state index contributed by atoms with van der Waals surface area (Å²) in [6.45, 7) is 1.48. The summed E-state index contributed by atoms with van der Waals surface area (Å²) in [6, 6.07) is 2.33. The zero-order valence-electron chi connectivity index (χ0n) is 8.51. The summed E-state index contributed by atoms with van der Waals surface area (Å²) in [7, 11) is 0. The van der Waals surface area contributed by atoms with E-state index in [4.69, 9.17) is 17.3 Å². The Balaban J connectivity index is 3.16. The second kappa shape index (κ2) is 4.94. The summed E-state index contributed by atoms with van der Waals surface area (Å²) in [5, 5.41) is 2.38. The Morgan fingerprint density at radius 3 is 2.62 bits per heavy atom. The molecule has 2 amide bonds. The highest BCUT2D eigenvalue weighted by molar-refractivity contribution is 6.29. The zero-order chi connectivity index (χ0) is 12.3. The van der Waals surface area contributed by atoms with Gasteiger partial charge in [-0.3, -0.25) is 9.59 Å². The first-order chi connectivity index (χ1) is 7.45. The minimum Gasteiger partial charge on any atom is -0.366 e. The van der Waals surface area contributed by atoms with Crippen LogP contribution in [0.2, 0.25) is 0 Å². The van der Waals surface area contributed by atoms with Crippen molar-refractivity contribution in [1.29, 1.82) is 0 Å². The first-order valence-electron chi connectivity index (χ1n) is 4.41. The first kappa shape index (κ1) is 12.4. The summed E-state index contributed by atoms with van der Waals surface area (Å²) in [5.74, 6) is -2.10. The molecule has 0 saturated heterocycles. The van der Waals surface area contributed by atoms with E-state index in [9.17, 15) is 14.0 Å². The molecule has 16 heavy (non-hydrogen) atoms. The number of halogens is 2. The minimum atomic E-state index is -0.764. The lowest BCUT2D eigenvalue weighted by molar-refractivity contribution is -0.113. The molecule has 0 aliphatic carbocycles. The van der Waals surface area contributed by atoms with Crippen molar-refractivity contribution < 1.29 is 14.0 Å². The van der Waals surface area contributed by atoms with Crippen molar-refractivity contribution in [2.24, 2.45) is 5.73 Å². The van der Waals surface area contributed by atoms with E-state index in [1.54, 1.807) is 0 Å². The van der Waals surface area contributed by atoms with Crippen LogP contribution >= 0.6 is 11.6 Å². The molecule has 0 aromatic heterocycles. The molecular weight excluding hydrogens is 235 g/mol. The third kappa shape index (κ3) is 2.70. The van der Waals surface area contributed by atoms with Crippen LogP contribution in [-0.2, 0) is 4.79 Å². The zero-order valence-corrected chi connectivity index (χ0v) is 9.27. The number of amides is 2. The van der Waals surface area contributed by atoms with Crippen LogP contribution in [0.15, 0.2) is 12.1 Å². The van der Waals surface area contributed by atoms with E-state index in [1.807, 2.05) is 0 Å². The smallest absolute Gasteiger partial charge is 0.248 e. The third-order valence-electron chi connectivity index (χ3n) is 2.02. The molecule has 0 atom stereocenters. The Morgan fingerprint density at radius 1 is 1.50 bits per heavy atom. The summed E-state index contributed by atoms with van der Waals surface area (Å²) in [4.78, 5) is 21.9. The number of nitrogens with two attached hydrogens (primary N) is 1.